The molecule has 0 N–H and O–H groups in total. The van der Waals surface area contributed by atoms with Gasteiger partial charge in [-0.3, -0.25) is 4.79 Å². The van der Waals surface area contributed by atoms with E-state index in [2.05, 4.69) is 28.1 Å². The van der Waals surface area contributed by atoms with E-state index < -0.39 is 0 Å². The van der Waals surface area contributed by atoms with Crippen LogP contribution in [0.5, 0.6) is 5.75 Å². The lowest BCUT2D eigenvalue weighted by atomic mass is 9.90. The summed E-state index contributed by atoms with van der Waals surface area (Å²) in [5, 5.41) is 0. The molecule has 0 atom stereocenters. The third-order valence-corrected chi connectivity index (χ3v) is 4.57. The summed E-state index contributed by atoms with van der Waals surface area (Å²) in [6.07, 6.45) is 3.18. The number of halogens is 1. The number of rotatable bonds is 5. The van der Waals surface area contributed by atoms with Crippen LogP contribution in [0.15, 0.2) is 22.7 Å². The average Bonchev–Trinajstić information content (AvgIpc) is 2.48. The minimum Gasteiger partial charge on any atom is -0.466 e. The Morgan fingerprint density at radius 1 is 1.38 bits per heavy atom. The van der Waals surface area contributed by atoms with Crippen LogP contribution >= 0.6 is 15.9 Å². The van der Waals surface area contributed by atoms with E-state index in [1.807, 2.05) is 11.0 Å². The van der Waals surface area contributed by atoms with Crippen LogP contribution in [0.4, 0.5) is 0 Å². The fraction of sp³-hybridized carbons (Fsp3) is 0.562. The van der Waals surface area contributed by atoms with Crippen molar-refractivity contribution in [3.05, 3.63) is 28.2 Å². The topological polar surface area (TPSA) is 38.8 Å². The molecule has 21 heavy (non-hydrogen) atoms. The first-order valence-corrected chi connectivity index (χ1v) is 8.05. The van der Waals surface area contributed by atoms with Crippen LogP contribution in [0.25, 0.3) is 0 Å². The average molecular weight is 356 g/mol. The van der Waals surface area contributed by atoms with Gasteiger partial charge in [-0.25, -0.2) is 0 Å². The molecule has 1 amide bonds. The third-order valence-electron chi connectivity index (χ3n) is 3.91. The molecular formula is C16H22BrNO3. The Labute approximate surface area is 134 Å². The monoisotopic (exact) mass is 355 g/mol. The van der Waals surface area contributed by atoms with Gasteiger partial charge in [-0.2, -0.15) is 0 Å². The molecule has 5 heteroatoms. The largest absolute Gasteiger partial charge is 0.466 e. The van der Waals surface area contributed by atoms with E-state index in [0.717, 1.165) is 42.6 Å². The van der Waals surface area contributed by atoms with E-state index in [4.69, 9.17) is 9.47 Å². The molecule has 1 saturated heterocycles. The number of amides is 1. The Bertz CT molecular complexity index is 484. The van der Waals surface area contributed by atoms with E-state index in [-0.39, 0.29) is 12.7 Å². The first-order valence-electron chi connectivity index (χ1n) is 7.26. The maximum Gasteiger partial charge on any atom is 0.219 e. The van der Waals surface area contributed by atoms with Crippen molar-refractivity contribution >= 4 is 21.8 Å². The van der Waals surface area contributed by atoms with Crippen molar-refractivity contribution in [3.63, 3.8) is 0 Å². The molecule has 0 radical (unpaired) electrons. The number of ether oxygens (including phenoxy) is 2. The molecule has 1 fully saturated rings. The van der Waals surface area contributed by atoms with Gasteiger partial charge in [0.15, 0.2) is 6.79 Å². The SMILES string of the molecule is COCOc1cc(CC2CCN(C(C)=O)CC2)ccc1Br. The van der Waals surface area contributed by atoms with Gasteiger partial charge in [0.05, 0.1) is 4.47 Å². The van der Waals surface area contributed by atoms with Gasteiger partial charge < -0.3 is 14.4 Å². The molecule has 0 aromatic heterocycles. The van der Waals surface area contributed by atoms with Gasteiger partial charge in [-0.15, -0.1) is 0 Å². The Balaban J connectivity index is 1.92. The predicted molar refractivity (Wildman–Crippen MR) is 85.3 cm³/mol. The van der Waals surface area contributed by atoms with Crippen LogP contribution in [0.1, 0.15) is 25.3 Å². The second kappa shape index (κ2) is 7.80. The molecule has 1 aromatic rings. The smallest absolute Gasteiger partial charge is 0.219 e. The first-order chi connectivity index (χ1) is 10.1. The molecule has 116 valence electrons. The van der Waals surface area contributed by atoms with Crippen LogP contribution in [0.2, 0.25) is 0 Å². The zero-order chi connectivity index (χ0) is 15.2. The molecule has 1 heterocycles. The molecule has 2 rings (SSSR count). The van der Waals surface area contributed by atoms with Crippen molar-refractivity contribution in [3.8, 4) is 5.75 Å². The number of carbonyl (C=O) groups is 1. The van der Waals surface area contributed by atoms with Crippen molar-refractivity contribution in [1.82, 2.24) is 4.90 Å². The minimum absolute atomic E-state index is 0.187. The van der Waals surface area contributed by atoms with Gasteiger partial charge in [0, 0.05) is 27.1 Å². The van der Waals surface area contributed by atoms with E-state index in [9.17, 15) is 4.79 Å². The molecule has 1 aliphatic heterocycles. The summed E-state index contributed by atoms with van der Waals surface area (Å²) in [5.41, 5.74) is 1.27. The van der Waals surface area contributed by atoms with Crippen LogP contribution in [-0.2, 0) is 16.0 Å². The number of nitrogens with zero attached hydrogens (tertiary/aromatic N) is 1. The number of carbonyl (C=O) groups excluding carboxylic acids is 1. The quantitative estimate of drug-likeness (QED) is 0.761. The van der Waals surface area contributed by atoms with Gasteiger partial charge in [0.2, 0.25) is 5.91 Å². The molecule has 4 nitrogen and oxygen atoms in total. The number of methoxy groups -OCH3 is 1. The molecule has 1 aliphatic rings. The zero-order valence-electron chi connectivity index (χ0n) is 12.6. The molecule has 0 bridgehead atoms. The van der Waals surface area contributed by atoms with Crippen molar-refractivity contribution in [2.24, 2.45) is 5.92 Å². The summed E-state index contributed by atoms with van der Waals surface area (Å²) < 4.78 is 11.4. The van der Waals surface area contributed by atoms with Crippen molar-refractivity contribution in [1.29, 1.82) is 0 Å². The zero-order valence-corrected chi connectivity index (χ0v) is 14.2. The molecule has 0 aliphatic carbocycles. The normalized spacial score (nSPS) is 16.0. The Morgan fingerprint density at radius 3 is 2.71 bits per heavy atom. The lowest BCUT2D eigenvalue weighted by molar-refractivity contribution is -0.130. The standard InChI is InChI=1S/C16H22BrNO3/c1-12(19)18-7-5-13(6-8-18)9-14-3-4-15(17)16(10-14)21-11-20-2/h3-4,10,13H,5-9,11H2,1-2H3. The van der Waals surface area contributed by atoms with Gasteiger partial charge in [0.1, 0.15) is 5.75 Å². The Hall–Kier alpha value is -1.07. The number of piperidine rings is 1. The lowest BCUT2D eigenvalue weighted by Gasteiger charge is -2.31. The molecule has 0 unspecified atom stereocenters. The molecular weight excluding hydrogens is 334 g/mol. The second-order valence-electron chi connectivity index (χ2n) is 5.47. The number of hydrogen-bond acceptors (Lipinski definition) is 3. The second-order valence-corrected chi connectivity index (χ2v) is 6.32. The first kappa shape index (κ1) is 16.3. The maximum absolute atomic E-state index is 11.3. The highest BCUT2D eigenvalue weighted by Gasteiger charge is 2.21. The van der Waals surface area contributed by atoms with Gasteiger partial charge in [0.25, 0.3) is 0 Å². The van der Waals surface area contributed by atoms with E-state index in [1.54, 1.807) is 14.0 Å². The number of likely N-dealkylation sites (tertiary alicyclic amines) is 1. The van der Waals surface area contributed by atoms with Crippen molar-refractivity contribution in [2.45, 2.75) is 26.2 Å². The Kier molecular flexibility index (Phi) is 6.06. The summed E-state index contributed by atoms with van der Waals surface area (Å²) in [6, 6.07) is 6.21. The van der Waals surface area contributed by atoms with Crippen LogP contribution in [0.3, 0.4) is 0 Å². The maximum atomic E-state index is 11.3. The highest BCUT2D eigenvalue weighted by atomic mass is 79.9. The fourth-order valence-corrected chi connectivity index (χ4v) is 3.05. The highest BCUT2D eigenvalue weighted by Crippen LogP contribution is 2.29. The van der Waals surface area contributed by atoms with Gasteiger partial charge in [-0.05, 0) is 58.8 Å². The van der Waals surface area contributed by atoms with Gasteiger partial charge >= 0.3 is 0 Å². The summed E-state index contributed by atoms with van der Waals surface area (Å²) >= 11 is 3.48. The van der Waals surface area contributed by atoms with Crippen molar-refractivity contribution < 1.29 is 14.3 Å². The van der Waals surface area contributed by atoms with Crippen LogP contribution in [0, 0.1) is 5.92 Å². The van der Waals surface area contributed by atoms with Gasteiger partial charge in [-0.1, -0.05) is 6.07 Å². The molecule has 0 spiro atoms. The minimum atomic E-state index is 0.187. The van der Waals surface area contributed by atoms with Crippen LogP contribution < -0.4 is 4.74 Å². The number of benzene rings is 1. The summed E-state index contributed by atoms with van der Waals surface area (Å²) in [6.45, 7) is 3.65. The third kappa shape index (κ3) is 4.71. The lowest BCUT2D eigenvalue weighted by Crippen LogP contribution is -2.37. The molecule has 0 saturated carbocycles. The summed E-state index contributed by atoms with van der Waals surface area (Å²) in [7, 11) is 1.61. The van der Waals surface area contributed by atoms with Crippen LogP contribution in [-0.4, -0.2) is 37.8 Å². The van der Waals surface area contributed by atoms with E-state index in [0.29, 0.717) is 5.92 Å². The highest BCUT2D eigenvalue weighted by molar-refractivity contribution is 9.10. The predicted octanol–water partition coefficient (Wildman–Crippen LogP) is 3.23. The fourth-order valence-electron chi connectivity index (χ4n) is 2.69. The van der Waals surface area contributed by atoms with E-state index in [1.165, 1.54) is 5.56 Å². The summed E-state index contributed by atoms with van der Waals surface area (Å²) in [5.74, 6) is 1.64. The molecule has 1 aromatic carbocycles. The Morgan fingerprint density at radius 2 is 2.10 bits per heavy atom. The van der Waals surface area contributed by atoms with E-state index >= 15 is 0 Å². The number of hydrogen-bond donors (Lipinski definition) is 0. The van der Waals surface area contributed by atoms with Crippen molar-refractivity contribution in [2.75, 3.05) is 27.0 Å². The summed E-state index contributed by atoms with van der Waals surface area (Å²) in [4.78, 5) is 13.3.